The first-order valence-electron chi connectivity index (χ1n) is 12.9. The molecule has 36 heavy (non-hydrogen) atoms. The highest BCUT2D eigenvalue weighted by molar-refractivity contribution is 5.84. The van der Waals surface area contributed by atoms with Gasteiger partial charge < -0.3 is 20.5 Å². The minimum absolute atomic E-state index is 0.115. The molecular weight excluding hydrogens is 471 g/mol. The van der Waals surface area contributed by atoms with Crippen molar-refractivity contribution in [1.29, 1.82) is 5.41 Å². The van der Waals surface area contributed by atoms with Gasteiger partial charge in [0.15, 0.2) is 0 Å². The first kappa shape index (κ1) is 26.7. The van der Waals surface area contributed by atoms with E-state index >= 15 is 0 Å². The Morgan fingerprint density at radius 2 is 1.72 bits per heavy atom. The summed E-state index contributed by atoms with van der Waals surface area (Å²) in [5, 5.41) is 10.5. The summed E-state index contributed by atoms with van der Waals surface area (Å²) >= 11 is 0. The van der Waals surface area contributed by atoms with Crippen molar-refractivity contribution in [2.24, 2.45) is 16.7 Å². The molecule has 1 aliphatic carbocycles. The van der Waals surface area contributed by atoms with Crippen LogP contribution in [0.1, 0.15) is 45.4 Å². The number of hydrogen-bond acceptors (Lipinski definition) is 4. The summed E-state index contributed by atoms with van der Waals surface area (Å²) in [7, 11) is 0. The number of piperidine rings is 2. The van der Waals surface area contributed by atoms with Gasteiger partial charge >= 0.3 is 12.2 Å². The fourth-order valence-corrected chi connectivity index (χ4v) is 6.16. The fourth-order valence-electron chi connectivity index (χ4n) is 6.16. The van der Waals surface area contributed by atoms with Gasteiger partial charge in [-0.15, -0.1) is 0 Å². The molecule has 0 radical (unpaired) electrons. The molecule has 0 aromatic heterocycles. The predicted molar refractivity (Wildman–Crippen MR) is 132 cm³/mol. The minimum atomic E-state index is -4.18. The molecule has 0 aromatic carbocycles. The second-order valence-electron chi connectivity index (χ2n) is 11.5. The van der Waals surface area contributed by atoms with Crippen molar-refractivity contribution in [3.05, 3.63) is 23.8 Å². The standard InChI is InChI=1S/C26H38F3N5O2/c1-3-19-16-34(17-20(19)14-30)23(36)31-15-21-12-25(21)6-10-33(11-7-25)22(35)13-24(2)4-8-32(9-5-24)18-26(27,28)29/h3,14,21,30H,1,4-13,15-18H2,2H3,(H,31,36). The maximum Gasteiger partial charge on any atom is 0.401 e. The van der Waals surface area contributed by atoms with E-state index in [1.165, 1.54) is 11.1 Å². The molecule has 1 spiro atoms. The molecule has 10 heteroatoms. The summed E-state index contributed by atoms with van der Waals surface area (Å²) < 4.78 is 38.0. The van der Waals surface area contributed by atoms with Crippen LogP contribution in [0.3, 0.4) is 0 Å². The summed E-state index contributed by atoms with van der Waals surface area (Å²) in [4.78, 5) is 30.7. The largest absolute Gasteiger partial charge is 0.401 e. The van der Waals surface area contributed by atoms with E-state index in [9.17, 15) is 22.8 Å². The Balaban J connectivity index is 1.16. The molecule has 2 N–H and O–H groups in total. The Kier molecular flexibility index (Phi) is 7.55. The Morgan fingerprint density at radius 3 is 2.28 bits per heavy atom. The molecule has 3 aliphatic heterocycles. The molecule has 1 atom stereocenters. The van der Waals surface area contributed by atoms with Crippen molar-refractivity contribution < 1.29 is 22.8 Å². The average molecular weight is 510 g/mol. The second kappa shape index (κ2) is 10.2. The summed E-state index contributed by atoms with van der Waals surface area (Å²) in [6.07, 6.45) is 3.34. The van der Waals surface area contributed by atoms with Crippen molar-refractivity contribution in [3.8, 4) is 0 Å². The Bertz CT molecular complexity index is 895. The van der Waals surface area contributed by atoms with E-state index in [1.807, 2.05) is 11.8 Å². The molecule has 2 saturated heterocycles. The third-order valence-corrected chi connectivity index (χ3v) is 8.86. The molecule has 3 fully saturated rings. The lowest BCUT2D eigenvalue weighted by molar-refractivity contribution is -0.152. The van der Waals surface area contributed by atoms with Gasteiger partial charge in [-0.05, 0) is 73.1 Å². The van der Waals surface area contributed by atoms with Gasteiger partial charge in [0, 0.05) is 45.4 Å². The lowest BCUT2D eigenvalue weighted by Crippen LogP contribution is -2.46. The number of carbonyl (C=O) groups is 2. The van der Waals surface area contributed by atoms with Gasteiger partial charge in [-0.1, -0.05) is 19.6 Å². The summed E-state index contributed by atoms with van der Waals surface area (Å²) in [5.74, 6) is 0.537. The van der Waals surface area contributed by atoms with Crippen LogP contribution in [-0.2, 0) is 4.79 Å². The Morgan fingerprint density at radius 1 is 1.08 bits per heavy atom. The molecule has 1 unspecified atom stereocenters. The van der Waals surface area contributed by atoms with Crippen LogP contribution in [0.25, 0.3) is 0 Å². The third kappa shape index (κ3) is 6.12. The van der Waals surface area contributed by atoms with Crippen molar-refractivity contribution in [2.75, 3.05) is 52.4 Å². The number of nitrogens with one attached hydrogen (secondary N) is 2. The SMILES string of the molecule is C=CC1=C(C=N)CN(C(=O)NCC2CC23CCN(C(=O)CC2(C)CCN(CC(F)(F)F)CC2)CC3)C1. The molecule has 200 valence electrons. The van der Waals surface area contributed by atoms with Crippen molar-refractivity contribution in [2.45, 2.75) is 51.6 Å². The Labute approximate surface area is 211 Å². The van der Waals surface area contributed by atoms with Crippen LogP contribution < -0.4 is 5.32 Å². The quantitative estimate of drug-likeness (QED) is 0.512. The van der Waals surface area contributed by atoms with Gasteiger partial charge in [-0.25, -0.2) is 4.79 Å². The Hall–Kier alpha value is -2.36. The zero-order chi connectivity index (χ0) is 26.1. The first-order valence-corrected chi connectivity index (χ1v) is 12.9. The van der Waals surface area contributed by atoms with Crippen LogP contribution in [0.4, 0.5) is 18.0 Å². The highest BCUT2D eigenvalue weighted by Crippen LogP contribution is 2.59. The lowest BCUT2D eigenvalue weighted by atomic mass is 9.77. The van der Waals surface area contributed by atoms with Gasteiger partial charge in [-0.2, -0.15) is 13.2 Å². The molecule has 1 saturated carbocycles. The number of carbonyl (C=O) groups excluding carboxylic acids is 2. The number of hydrogen-bond donors (Lipinski definition) is 2. The van der Waals surface area contributed by atoms with Crippen molar-refractivity contribution in [1.82, 2.24) is 20.0 Å². The number of amides is 3. The lowest BCUT2D eigenvalue weighted by Gasteiger charge is -2.41. The maximum atomic E-state index is 13.0. The fraction of sp³-hybridized carbons (Fsp3) is 0.731. The molecule has 7 nitrogen and oxygen atoms in total. The highest BCUT2D eigenvalue weighted by atomic mass is 19.4. The number of urea groups is 1. The van der Waals surface area contributed by atoms with E-state index < -0.39 is 12.7 Å². The van der Waals surface area contributed by atoms with Crippen LogP contribution in [0.5, 0.6) is 0 Å². The monoisotopic (exact) mass is 509 g/mol. The van der Waals surface area contributed by atoms with E-state index in [4.69, 9.17) is 5.41 Å². The summed E-state index contributed by atoms with van der Waals surface area (Å²) in [6, 6.07) is -0.115. The number of likely N-dealkylation sites (tertiary alicyclic amines) is 2. The van der Waals surface area contributed by atoms with Crippen molar-refractivity contribution >= 4 is 18.2 Å². The van der Waals surface area contributed by atoms with Crippen molar-refractivity contribution in [3.63, 3.8) is 0 Å². The molecule has 0 bridgehead atoms. The van der Waals surface area contributed by atoms with E-state index in [1.54, 1.807) is 11.0 Å². The van der Waals surface area contributed by atoms with Gasteiger partial charge in [0.2, 0.25) is 5.91 Å². The number of halogens is 3. The number of alkyl halides is 3. The number of rotatable bonds is 7. The first-order chi connectivity index (χ1) is 17.0. The van der Waals surface area contributed by atoms with E-state index in [-0.39, 0.29) is 22.8 Å². The molecule has 0 aromatic rings. The minimum Gasteiger partial charge on any atom is -0.343 e. The summed E-state index contributed by atoms with van der Waals surface area (Å²) in [5.41, 5.74) is 1.70. The van der Waals surface area contributed by atoms with Crippen LogP contribution in [0.15, 0.2) is 23.8 Å². The second-order valence-corrected chi connectivity index (χ2v) is 11.5. The van der Waals surface area contributed by atoms with E-state index in [0.717, 1.165) is 30.4 Å². The van der Waals surface area contributed by atoms with Gasteiger partial charge in [0.1, 0.15) is 0 Å². The normalized spacial score (nSPS) is 25.7. The zero-order valence-electron chi connectivity index (χ0n) is 21.1. The van der Waals surface area contributed by atoms with Crippen LogP contribution >= 0.6 is 0 Å². The molecule has 3 heterocycles. The maximum absolute atomic E-state index is 13.0. The van der Waals surface area contributed by atoms with E-state index in [2.05, 4.69) is 11.9 Å². The predicted octanol–water partition coefficient (Wildman–Crippen LogP) is 3.83. The van der Waals surface area contributed by atoms with Crippen LogP contribution in [0.2, 0.25) is 0 Å². The zero-order valence-corrected chi connectivity index (χ0v) is 21.1. The van der Waals surface area contributed by atoms with Gasteiger partial charge in [0.25, 0.3) is 0 Å². The van der Waals surface area contributed by atoms with Gasteiger partial charge in [0.05, 0.1) is 6.54 Å². The molecular formula is C26H38F3N5O2. The van der Waals surface area contributed by atoms with Crippen LogP contribution in [-0.4, -0.2) is 91.4 Å². The molecule has 4 aliphatic rings. The smallest absolute Gasteiger partial charge is 0.343 e. The average Bonchev–Trinajstić information content (AvgIpc) is 3.31. The summed E-state index contributed by atoms with van der Waals surface area (Å²) in [6.45, 7) is 8.63. The topological polar surface area (TPSA) is 79.7 Å². The van der Waals surface area contributed by atoms with Crippen LogP contribution in [0, 0.1) is 22.2 Å². The third-order valence-electron chi connectivity index (χ3n) is 8.86. The van der Waals surface area contributed by atoms with E-state index in [0.29, 0.717) is 71.0 Å². The molecule has 4 rings (SSSR count). The molecule has 3 amide bonds. The number of nitrogens with zero attached hydrogens (tertiary/aromatic N) is 3. The highest BCUT2D eigenvalue weighted by Gasteiger charge is 2.55. The van der Waals surface area contributed by atoms with Gasteiger partial charge in [-0.3, -0.25) is 9.69 Å².